The SMILES string of the molecule is COCCC[C@H]1CCCCN1C(=O)c1nn(C)c(C)c1Cl. The van der Waals surface area contributed by atoms with Crippen molar-refractivity contribution in [2.75, 3.05) is 20.3 Å². The summed E-state index contributed by atoms with van der Waals surface area (Å²) in [6, 6.07) is 0.278. The number of carbonyl (C=O) groups excluding carboxylic acids is 1. The second kappa shape index (κ2) is 7.27. The number of methoxy groups -OCH3 is 1. The molecule has 1 aromatic heterocycles. The van der Waals surface area contributed by atoms with Crippen LogP contribution in [0.25, 0.3) is 0 Å². The van der Waals surface area contributed by atoms with Crippen molar-refractivity contribution in [3.63, 3.8) is 0 Å². The molecule has 0 unspecified atom stereocenters. The number of hydrogen-bond acceptors (Lipinski definition) is 3. The minimum Gasteiger partial charge on any atom is -0.385 e. The van der Waals surface area contributed by atoms with Gasteiger partial charge < -0.3 is 9.64 Å². The molecule has 0 radical (unpaired) electrons. The molecule has 118 valence electrons. The molecule has 0 saturated carbocycles. The van der Waals surface area contributed by atoms with Gasteiger partial charge in [-0.05, 0) is 39.0 Å². The number of hydrogen-bond donors (Lipinski definition) is 0. The topological polar surface area (TPSA) is 47.4 Å². The van der Waals surface area contributed by atoms with Crippen molar-refractivity contribution in [1.29, 1.82) is 0 Å². The standard InChI is InChI=1S/C15H24ClN3O2/c1-11-13(16)14(17-18(11)2)15(20)19-9-5-4-7-12(19)8-6-10-21-3/h12H,4-10H2,1-3H3/t12-/m1/s1. The number of nitrogens with zero attached hydrogens (tertiary/aromatic N) is 3. The van der Waals surface area contributed by atoms with Gasteiger partial charge in [-0.25, -0.2) is 0 Å². The minimum absolute atomic E-state index is 0.0363. The van der Waals surface area contributed by atoms with Crippen LogP contribution in [-0.4, -0.2) is 46.9 Å². The molecule has 1 amide bonds. The van der Waals surface area contributed by atoms with Crippen LogP contribution in [0, 0.1) is 6.92 Å². The summed E-state index contributed by atoms with van der Waals surface area (Å²) in [4.78, 5) is 14.7. The number of aromatic nitrogens is 2. The number of aryl methyl sites for hydroxylation is 1. The minimum atomic E-state index is -0.0363. The van der Waals surface area contributed by atoms with E-state index in [1.54, 1.807) is 11.8 Å². The molecule has 1 fully saturated rings. The molecule has 5 nitrogen and oxygen atoms in total. The third kappa shape index (κ3) is 3.58. The van der Waals surface area contributed by atoms with Crippen LogP contribution in [0.1, 0.15) is 48.3 Å². The highest BCUT2D eigenvalue weighted by Gasteiger charge is 2.30. The Morgan fingerprint density at radius 2 is 2.24 bits per heavy atom. The van der Waals surface area contributed by atoms with Gasteiger partial charge in [-0.2, -0.15) is 5.10 Å². The van der Waals surface area contributed by atoms with Crippen LogP contribution in [0.2, 0.25) is 5.02 Å². The summed E-state index contributed by atoms with van der Waals surface area (Å²) in [5.41, 5.74) is 1.21. The fourth-order valence-electron chi connectivity index (χ4n) is 2.89. The fraction of sp³-hybridized carbons (Fsp3) is 0.733. The smallest absolute Gasteiger partial charge is 0.276 e. The van der Waals surface area contributed by atoms with Gasteiger partial charge in [0, 0.05) is 33.4 Å². The average Bonchev–Trinajstić information content (AvgIpc) is 2.75. The maximum atomic E-state index is 12.8. The summed E-state index contributed by atoms with van der Waals surface area (Å²) in [5.74, 6) is -0.0363. The van der Waals surface area contributed by atoms with E-state index in [1.165, 1.54) is 6.42 Å². The van der Waals surface area contributed by atoms with E-state index in [9.17, 15) is 4.79 Å². The van der Waals surface area contributed by atoms with Gasteiger partial charge in [-0.3, -0.25) is 9.48 Å². The van der Waals surface area contributed by atoms with E-state index in [4.69, 9.17) is 16.3 Å². The first-order chi connectivity index (χ1) is 10.1. The third-order valence-corrected chi connectivity index (χ3v) is 4.69. The monoisotopic (exact) mass is 313 g/mol. The molecule has 0 bridgehead atoms. The largest absolute Gasteiger partial charge is 0.385 e. The Morgan fingerprint density at radius 1 is 1.48 bits per heavy atom. The number of amides is 1. The zero-order valence-corrected chi connectivity index (χ0v) is 13.8. The Kier molecular flexibility index (Phi) is 5.65. The number of rotatable bonds is 5. The molecule has 1 aromatic rings. The maximum absolute atomic E-state index is 12.8. The molecule has 2 heterocycles. The average molecular weight is 314 g/mol. The molecule has 2 rings (SSSR count). The van der Waals surface area contributed by atoms with Gasteiger partial charge in [0.1, 0.15) is 0 Å². The van der Waals surface area contributed by atoms with E-state index in [2.05, 4.69) is 5.10 Å². The first-order valence-corrected chi connectivity index (χ1v) is 7.93. The van der Waals surface area contributed by atoms with Gasteiger partial charge in [-0.1, -0.05) is 11.6 Å². The Morgan fingerprint density at radius 3 is 2.86 bits per heavy atom. The van der Waals surface area contributed by atoms with Crippen LogP contribution < -0.4 is 0 Å². The second-order valence-corrected chi connectivity index (χ2v) is 6.03. The summed E-state index contributed by atoms with van der Waals surface area (Å²) in [7, 11) is 3.52. The van der Waals surface area contributed by atoms with Crippen LogP contribution in [0.5, 0.6) is 0 Å². The molecule has 0 N–H and O–H groups in total. The first-order valence-electron chi connectivity index (χ1n) is 7.55. The quantitative estimate of drug-likeness (QED) is 0.785. The molecular weight excluding hydrogens is 290 g/mol. The Bertz CT molecular complexity index is 501. The summed E-state index contributed by atoms with van der Waals surface area (Å²) in [6.45, 7) is 3.41. The Hall–Kier alpha value is -1.07. The summed E-state index contributed by atoms with van der Waals surface area (Å²) < 4.78 is 6.78. The van der Waals surface area contributed by atoms with Gasteiger partial charge in [0.25, 0.3) is 5.91 Å². The molecular formula is C15H24ClN3O2. The fourth-order valence-corrected chi connectivity index (χ4v) is 3.13. The highest BCUT2D eigenvalue weighted by Crippen LogP contribution is 2.26. The summed E-state index contributed by atoms with van der Waals surface area (Å²) in [5, 5.41) is 4.76. The molecule has 1 atom stereocenters. The van der Waals surface area contributed by atoms with Crippen molar-refractivity contribution in [3.05, 3.63) is 16.4 Å². The molecule has 1 saturated heterocycles. The van der Waals surface area contributed by atoms with E-state index in [1.807, 2.05) is 18.9 Å². The van der Waals surface area contributed by atoms with Crippen molar-refractivity contribution in [2.45, 2.75) is 45.1 Å². The number of halogens is 1. The lowest BCUT2D eigenvalue weighted by atomic mass is 9.97. The van der Waals surface area contributed by atoms with Crippen molar-refractivity contribution in [1.82, 2.24) is 14.7 Å². The van der Waals surface area contributed by atoms with Gasteiger partial charge in [0.2, 0.25) is 0 Å². The molecule has 0 aliphatic carbocycles. The predicted octanol–water partition coefficient (Wildman–Crippen LogP) is 2.80. The Labute approximate surface area is 131 Å². The number of piperidine rings is 1. The van der Waals surface area contributed by atoms with Crippen LogP contribution >= 0.6 is 11.6 Å². The first kappa shape index (κ1) is 16.3. The van der Waals surface area contributed by atoms with Crippen LogP contribution in [-0.2, 0) is 11.8 Å². The Balaban J connectivity index is 2.12. The van der Waals surface area contributed by atoms with E-state index in [0.29, 0.717) is 10.7 Å². The van der Waals surface area contributed by atoms with E-state index in [-0.39, 0.29) is 11.9 Å². The van der Waals surface area contributed by atoms with Crippen LogP contribution in [0.4, 0.5) is 0 Å². The molecule has 0 aromatic carbocycles. The zero-order valence-electron chi connectivity index (χ0n) is 13.1. The lowest BCUT2D eigenvalue weighted by Crippen LogP contribution is -2.44. The summed E-state index contributed by atoms with van der Waals surface area (Å²) in [6.07, 6.45) is 5.23. The van der Waals surface area contributed by atoms with E-state index < -0.39 is 0 Å². The van der Waals surface area contributed by atoms with Crippen LogP contribution in [0.3, 0.4) is 0 Å². The number of ether oxygens (including phenoxy) is 1. The van der Waals surface area contributed by atoms with E-state index in [0.717, 1.165) is 44.5 Å². The maximum Gasteiger partial charge on any atom is 0.276 e. The summed E-state index contributed by atoms with van der Waals surface area (Å²) >= 11 is 6.25. The van der Waals surface area contributed by atoms with Gasteiger partial charge in [0.15, 0.2) is 5.69 Å². The van der Waals surface area contributed by atoms with Gasteiger partial charge in [-0.15, -0.1) is 0 Å². The lowest BCUT2D eigenvalue weighted by Gasteiger charge is -2.35. The van der Waals surface area contributed by atoms with Crippen molar-refractivity contribution in [2.24, 2.45) is 7.05 Å². The highest BCUT2D eigenvalue weighted by molar-refractivity contribution is 6.34. The molecule has 1 aliphatic heterocycles. The predicted molar refractivity (Wildman–Crippen MR) is 82.7 cm³/mol. The van der Waals surface area contributed by atoms with Crippen molar-refractivity contribution >= 4 is 17.5 Å². The molecule has 0 spiro atoms. The van der Waals surface area contributed by atoms with Gasteiger partial charge >= 0.3 is 0 Å². The highest BCUT2D eigenvalue weighted by atomic mass is 35.5. The van der Waals surface area contributed by atoms with Gasteiger partial charge in [0.05, 0.1) is 10.7 Å². The normalized spacial score (nSPS) is 19.0. The van der Waals surface area contributed by atoms with Crippen LogP contribution in [0.15, 0.2) is 0 Å². The zero-order chi connectivity index (χ0) is 15.4. The van der Waals surface area contributed by atoms with E-state index >= 15 is 0 Å². The lowest BCUT2D eigenvalue weighted by molar-refractivity contribution is 0.0578. The second-order valence-electron chi connectivity index (χ2n) is 5.65. The molecule has 6 heteroatoms. The number of carbonyl (C=O) groups is 1. The van der Waals surface area contributed by atoms with Crippen molar-refractivity contribution < 1.29 is 9.53 Å². The number of likely N-dealkylation sites (tertiary alicyclic amines) is 1. The third-order valence-electron chi connectivity index (χ3n) is 4.24. The molecule has 21 heavy (non-hydrogen) atoms. The van der Waals surface area contributed by atoms with Crippen molar-refractivity contribution in [3.8, 4) is 0 Å². The molecule has 1 aliphatic rings.